The SMILES string of the molecule is CN1CCN(C2CN(C(=O)c3cccc4[nH]ccc34)C2)CC1. The van der Waals surface area contributed by atoms with Crippen molar-refractivity contribution >= 4 is 16.8 Å². The maximum absolute atomic E-state index is 12.7. The largest absolute Gasteiger partial charge is 0.361 e. The van der Waals surface area contributed by atoms with Crippen molar-refractivity contribution in [3.8, 4) is 0 Å². The molecule has 0 radical (unpaired) electrons. The van der Waals surface area contributed by atoms with E-state index in [9.17, 15) is 4.79 Å². The minimum atomic E-state index is 0.163. The summed E-state index contributed by atoms with van der Waals surface area (Å²) in [5.74, 6) is 0.163. The number of H-pyrrole nitrogens is 1. The van der Waals surface area contributed by atoms with Crippen LogP contribution in [-0.4, -0.2) is 77.9 Å². The topological polar surface area (TPSA) is 42.6 Å². The highest BCUT2D eigenvalue weighted by molar-refractivity contribution is 6.06. The smallest absolute Gasteiger partial charge is 0.254 e. The molecule has 2 aliphatic rings. The van der Waals surface area contributed by atoms with Gasteiger partial charge in [-0.15, -0.1) is 0 Å². The van der Waals surface area contributed by atoms with Gasteiger partial charge >= 0.3 is 0 Å². The monoisotopic (exact) mass is 298 g/mol. The molecule has 116 valence electrons. The Labute approximate surface area is 130 Å². The number of piperazine rings is 1. The summed E-state index contributed by atoms with van der Waals surface area (Å²) in [6.45, 7) is 6.24. The average Bonchev–Trinajstić information content (AvgIpc) is 2.96. The van der Waals surface area contributed by atoms with Gasteiger partial charge in [-0.3, -0.25) is 9.69 Å². The first-order valence-electron chi connectivity index (χ1n) is 8.00. The lowest BCUT2D eigenvalue weighted by Gasteiger charge is -2.47. The average molecular weight is 298 g/mol. The molecule has 1 amide bonds. The third-order valence-corrected chi connectivity index (χ3v) is 5.03. The molecule has 1 aromatic heterocycles. The van der Waals surface area contributed by atoms with E-state index in [1.807, 2.05) is 35.4 Å². The lowest BCUT2D eigenvalue weighted by molar-refractivity contribution is 0.0111. The van der Waals surface area contributed by atoms with E-state index < -0.39 is 0 Å². The zero-order valence-corrected chi connectivity index (χ0v) is 13.0. The molecular weight excluding hydrogens is 276 g/mol. The Kier molecular flexibility index (Phi) is 3.39. The molecule has 0 aliphatic carbocycles. The number of hydrogen-bond acceptors (Lipinski definition) is 3. The molecule has 5 heteroatoms. The summed E-state index contributed by atoms with van der Waals surface area (Å²) in [6, 6.07) is 8.42. The number of carbonyl (C=O) groups is 1. The van der Waals surface area contributed by atoms with Crippen molar-refractivity contribution in [3.05, 3.63) is 36.0 Å². The molecule has 2 aromatic rings. The van der Waals surface area contributed by atoms with E-state index in [-0.39, 0.29) is 5.91 Å². The summed E-state index contributed by atoms with van der Waals surface area (Å²) >= 11 is 0. The number of likely N-dealkylation sites (N-methyl/N-ethyl adjacent to an activating group) is 1. The second-order valence-electron chi connectivity index (χ2n) is 6.45. The highest BCUT2D eigenvalue weighted by Gasteiger charge is 2.36. The molecule has 3 heterocycles. The second kappa shape index (κ2) is 5.41. The van der Waals surface area contributed by atoms with Crippen LogP contribution in [0.3, 0.4) is 0 Å². The van der Waals surface area contributed by atoms with E-state index in [1.54, 1.807) is 0 Å². The van der Waals surface area contributed by atoms with E-state index in [4.69, 9.17) is 0 Å². The molecule has 0 saturated carbocycles. The minimum absolute atomic E-state index is 0.163. The van der Waals surface area contributed by atoms with Crippen molar-refractivity contribution in [2.45, 2.75) is 6.04 Å². The van der Waals surface area contributed by atoms with Gasteiger partial charge in [0, 0.05) is 68.0 Å². The fraction of sp³-hybridized carbons (Fsp3) is 0.471. The van der Waals surface area contributed by atoms with Crippen molar-refractivity contribution in [3.63, 3.8) is 0 Å². The third-order valence-electron chi connectivity index (χ3n) is 5.03. The number of likely N-dealkylation sites (tertiary alicyclic amines) is 1. The zero-order chi connectivity index (χ0) is 15.1. The van der Waals surface area contributed by atoms with Crippen LogP contribution < -0.4 is 0 Å². The van der Waals surface area contributed by atoms with E-state index in [2.05, 4.69) is 21.8 Å². The van der Waals surface area contributed by atoms with Crippen LogP contribution in [0.1, 0.15) is 10.4 Å². The maximum Gasteiger partial charge on any atom is 0.254 e. The maximum atomic E-state index is 12.7. The van der Waals surface area contributed by atoms with E-state index in [0.29, 0.717) is 6.04 Å². The Morgan fingerprint density at radius 1 is 1.14 bits per heavy atom. The van der Waals surface area contributed by atoms with Crippen LogP contribution in [0.5, 0.6) is 0 Å². The van der Waals surface area contributed by atoms with Gasteiger partial charge in [-0.05, 0) is 25.2 Å². The van der Waals surface area contributed by atoms with Crippen molar-refractivity contribution in [1.29, 1.82) is 0 Å². The van der Waals surface area contributed by atoms with Gasteiger partial charge < -0.3 is 14.8 Å². The van der Waals surface area contributed by atoms with Crippen molar-refractivity contribution < 1.29 is 4.79 Å². The molecule has 4 rings (SSSR count). The molecule has 2 saturated heterocycles. The first-order chi connectivity index (χ1) is 10.7. The Morgan fingerprint density at radius 2 is 1.91 bits per heavy atom. The summed E-state index contributed by atoms with van der Waals surface area (Å²) in [5, 5.41) is 1.02. The van der Waals surface area contributed by atoms with Gasteiger partial charge in [0.2, 0.25) is 0 Å². The number of benzene rings is 1. The third kappa shape index (κ3) is 2.30. The van der Waals surface area contributed by atoms with Crippen LogP contribution >= 0.6 is 0 Å². The number of nitrogens with one attached hydrogen (secondary N) is 1. The van der Waals surface area contributed by atoms with Gasteiger partial charge in [0.05, 0.1) is 0 Å². The van der Waals surface area contributed by atoms with Gasteiger partial charge in [-0.2, -0.15) is 0 Å². The van der Waals surface area contributed by atoms with Crippen LogP contribution in [0.15, 0.2) is 30.5 Å². The highest BCUT2D eigenvalue weighted by Crippen LogP contribution is 2.23. The summed E-state index contributed by atoms with van der Waals surface area (Å²) in [5.41, 5.74) is 1.84. The molecule has 0 unspecified atom stereocenters. The van der Waals surface area contributed by atoms with Crippen LogP contribution in [0, 0.1) is 0 Å². The quantitative estimate of drug-likeness (QED) is 0.907. The molecule has 2 aliphatic heterocycles. The minimum Gasteiger partial charge on any atom is -0.361 e. The first kappa shape index (κ1) is 13.8. The van der Waals surface area contributed by atoms with E-state index >= 15 is 0 Å². The van der Waals surface area contributed by atoms with Crippen LogP contribution in [0.2, 0.25) is 0 Å². The molecule has 1 N–H and O–H groups in total. The predicted octanol–water partition coefficient (Wildman–Crippen LogP) is 1.24. The van der Waals surface area contributed by atoms with Gasteiger partial charge in [0.25, 0.3) is 5.91 Å². The number of carbonyl (C=O) groups excluding carboxylic acids is 1. The molecule has 0 bridgehead atoms. The first-order valence-corrected chi connectivity index (χ1v) is 8.00. The van der Waals surface area contributed by atoms with Crippen LogP contribution in [-0.2, 0) is 0 Å². The lowest BCUT2D eigenvalue weighted by atomic mass is 10.0. The van der Waals surface area contributed by atoms with Gasteiger partial charge in [-0.25, -0.2) is 0 Å². The molecule has 0 spiro atoms. The summed E-state index contributed by atoms with van der Waals surface area (Å²) in [6.07, 6.45) is 1.89. The fourth-order valence-corrected chi connectivity index (χ4v) is 3.48. The summed E-state index contributed by atoms with van der Waals surface area (Å²) in [7, 11) is 2.17. The van der Waals surface area contributed by atoms with Gasteiger partial charge in [-0.1, -0.05) is 6.07 Å². The van der Waals surface area contributed by atoms with Crippen molar-refractivity contribution in [2.24, 2.45) is 0 Å². The number of nitrogens with zero attached hydrogens (tertiary/aromatic N) is 3. The van der Waals surface area contributed by atoms with Crippen LogP contribution in [0.25, 0.3) is 10.9 Å². The molecule has 2 fully saturated rings. The van der Waals surface area contributed by atoms with Crippen molar-refractivity contribution in [2.75, 3.05) is 46.3 Å². The fourth-order valence-electron chi connectivity index (χ4n) is 3.48. The molecule has 0 atom stereocenters. The van der Waals surface area contributed by atoms with Gasteiger partial charge in [0.15, 0.2) is 0 Å². The predicted molar refractivity (Wildman–Crippen MR) is 87.1 cm³/mol. The Hall–Kier alpha value is -1.85. The molecule has 22 heavy (non-hydrogen) atoms. The van der Waals surface area contributed by atoms with Crippen molar-refractivity contribution in [1.82, 2.24) is 19.7 Å². The Morgan fingerprint density at radius 3 is 2.68 bits per heavy atom. The summed E-state index contributed by atoms with van der Waals surface area (Å²) < 4.78 is 0. The van der Waals surface area contributed by atoms with Gasteiger partial charge in [0.1, 0.15) is 0 Å². The molecule has 1 aromatic carbocycles. The Balaban J connectivity index is 1.42. The normalized spacial score (nSPS) is 21.2. The number of aromatic amines is 1. The van der Waals surface area contributed by atoms with E-state index in [0.717, 1.165) is 55.7 Å². The number of rotatable bonds is 2. The second-order valence-corrected chi connectivity index (χ2v) is 6.45. The zero-order valence-electron chi connectivity index (χ0n) is 13.0. The molecular formula is C17H22N4O. The number of aromatic nitrogens is 1. The Bertz CT molecular complexity index is 681. The van der Waals surface area contributed by atoms with E-state index in [1.165, 1.54) is 0 Å². The number of hydrogen-bond donors (Lipinski definition) is 1. The van der Waals surface area contributed by atoms with Crippen LogP contribution in [0.4, 0.5) is 0 Å². The molecule has 5 nitrogen and oxygen atoms in total. The standard InChI is InChI=1S/C17H22N4O/c1-19-7-9-20(10-8-19)13-11-21(12-13)17(22)15-3-2-4-16-14(15)5-6-18-16/h2-6,13,18H,7-12H2,1H3. The highest BCUT2D eigenvalue weighted by atomic mass is 16.2. The lowest BCUT2D eigenvalue weighted by Crippen LogP contribution is -2.63. The summed E-state index contributed by atoms with van der Waals surface area (Å²) in [4.78, 5) is 22.7. The number of fused-ring (bicyclic) bond motifs is 1. The number of amides is 1.